The summed E-state index contributed by atoms with van der Waals surface area (Å²) in [4.78, 5) is 69.1. The number of carbonyl (C=O) groups excluding carboxylic acids is 5. The van der Waals surface area contributed by atoms with Gasteiger partial charge in [0.15, 0.2) is 0 Å². The quantitative estimate of drug-likeness (QED) is 0.0653. The van der Waals surface area contributed by atoms with Crippen molar-refractivity contribution in [2.45, 2.75) is 56.8 Å². The summed E-state index contributed by atoms with van der Waals surface area (Å²) in [5.74, 6) is -1.58. The summed E-state index contributed by atoms with van der Waals surface area (Å²) >= 11 is 0. The first kappa shape index (κ1) is 39.1. The number of urea groups is 1. The summed E-state index contributed by atoms with van der Waals surface area (Å²) < 4.78 is 45.0. The summed E-state index contributed by atoms with van der Waals surface area (Å²) in [7, 11) is -1.77. The second-order valence-corrected chi connectivity index (χ2v) is 14.5. The molecule has 1 aromatic heterocycles. The number of amides is 5. The van der Waals surface area contributed by atoms with Gasteiger partial charge in [-0.3, -0.25) is 19.3 Å². The van der Waals surface area contributed by atoms with E-state index >= 15 is 0 Å². The number of imide groups is 1. The number of ether oxygens (including phenoxy) is 3. The fourth-order valence-electron chi connectivity index (χ4n) is 5.92. The SMILES string of the molecule is CC(=O)OC(C)OC(=O)NCCCCCN1C(=O)C(Cc2c[nH]c3ccccc23)N(S(=O)(=O)c2ccc(Oc3ccc(O)cc3)c(C(=O)N(C)C)c2)C1=O. The molecule has 1 aliphatic rings. The molecule has 0 saturated carbocycles. The molecule has 4 aromatic rings. The van der Waals surface area contributed by atoms with Gasteiger partial charge in [0.1, 0.15) is 23.3 Å². The number of carbonyl (C=O) groups is 5. The van der Waals surface area contributed by atoms with Crippen LogP contribution in [0, 0.1) is 0 Å². The molecule has 5 amide bonds. The molecule has 3 aromatic carbocycles. The van der Waals surface area contributed by atoms with Gasteiger partial charge >= 0.3 is 18.1 Å². The molecule has 1 saturated heterocycles. The van der Waals surface area contributed by atoms with Crippen LogP contribution in [0.15, 0.2) is 77.8 Å². The van der Waals surface area contributed by atoms with E-state index in [2.05, 4.69) is 10.3 Å². The van der Waals surface area contributed by atoms with E-state index in [9.17, 15) is 37.5 Å². The van der Waals surface area contributed by atoms with Gasteiger partial charge in [0.05, 0.1) is 10.5 Å². The zero-order valence-corrected chi connectivity index (χ0v) is 30.9. The number of hydrogen-bond acceptors (Lipinski definition) is 11. The molecule has 3 N–H and O–H groups in total. The van der Waals surface area contributed by atoms with Crippen LogP contribution in [0.25, 0.3) is 10.9 Å². The first-order chi connectivity index (χ1) is 25.7. The van der Waals surface area contributed by atoms with Crippen LogP contribution >= 0.6 is 0 Å². The monoisotopic (exact) mass is 763 g/mol. The fraction of sp³-hybridized carbons (Fsp3) is 0.324. The number of nitrogens with one attached hydrogen (secondary N) is 2. The lowest BCUT2D eigenvalue weighted by Crippen LogP contribution is -2.41. The number of nitrogens with zero attached hydrogens (tertiary/aromatic N) is 3. The normalized spacial score (nSPS) is 14.9. The minimum Gasteiger partial charge on any atom is -0.508 e. The number of phenolic OH excluding ortho intramolecular Hbond substituents is 1. The number of fused-ring (bicyclic) bond motifs is 1. The summed E-state index contributed by atoms with van der Waals surface area (Å²) in [5.41, 5.74) is 1.28. The number of alkyl carbamates (subject to hydrolysis) is 1. The molecule has 5 rings (SSSR count). The van der Waals surface area contributed by atoms with E-state index in [0.29, 0.717) is 29.1 Å². The van der Waals surface area contributed by atoms with E-state index in [4.69, 9.17) is 14.2 Å². The third-order valence-corrected chi connectivity index (χ3v) is 10.3. The van der Waals surface area contributed by atoms with Gasteiger partial charge in [-0.25, -0.2) is 22.3 Å². The molecule has 54 heavy (non-hydrogen) atoms. The molecule has 17 heteroatoms. The third-order valence-electron chi connectivity index (χ3n) is 8.48. The second kappa shape index (κ2) is 16.7. The Morgan fingerprint density at radius 1 is 0.981 bits per heavy atom. The topological polar surface area (TPSA) is 205 Å². The maximum absolute atomic E-state index is 14.4. The molecule has 2 atom stereocenters. The van der Waals surface area contributed by atoms with Crippen molar-refractivity contribution in [1.82, 2.24) is 24.4 Å². The summed E-state index contributed by atoms with van der Waals surface area (Å²) in [6.45, 7) is 2.68. The Morgan fingerprint density at radius 3 is 2.41 bits per heavy atom. The highest BCUT2D eigenvalue weighted by Gasteiger charge is 2.51. The standard InChI is InChI=1S/C37H41N5O11S/c1-23(43)51-24(2)52-36(47)38-18-8-5-9-19-41-35(46)32(20-25-22-39-31-11-7-6-10-29(25)31)42(37(41)48)54(49,50)28-16-17-33(30(21-28)34(45)40(3)4)53-27-14-12-26(44)13-15-27/h6-7,10-17,21-22,24,32,39,44H,5,8-9,18-20H2,1-4H3,(H,38,47). The maximum Gasteiger partial charge on any atom is 0.410 e. The van der Waals surface area contributed by atoms with Gasteiger partial charge in [-0.1, -0.05) is 18.2 Å². The van der Waals surface area contributed by atoms with Crippen LogP contribution in [0.1, 0.15) is 49.0 Å². The summed E-state index contributed by atoms with van der Waals surface area (Å²) in [6.07, 6.45) is 0.895. The number of rotatable bonds is 15. The first-order valence-corrected chi connectivity index (χ1v) is 18.5. The van der Waals surface area contributed by atoms with E-state index < -0.39 is 57.2 Å². The number of esters is 1. The van der Waals surface area contributed by atoms with Crippen molar-refractivity contribution < 1.29 is 51.7 Å². The Morgan fingerprint density at radius 2 is 1.70 bits per heavy atom. The van der Waals surface area contributed by atoms with Crippen LogP contribution in [-0.2, 0) is 35.5 Å². The van der Waals surface area contributed by atoms with Crippen molar-refractivity contribution in [1.29, 1.82) is 0 Å². The second-order valence-electron chi connectivity index (χ2n) is 12.7. The highest BCUT2D eigenvalue weighted by atomic mass is 32.2. The molecule has 16 nitrogen and oxygen atoms in total. The number of hydrogen-bond donors (Lipinski definition) is 3. The zero-order valence-electron chi connectivity index (χ0n) is 30.1. The lowest BCUT2D eigenvalue weighted by Gasteiger charge is -2.23. The van der Waals surface area contributed by atoms with Gasteiger partial charge in [-0.05, 0) is 73.4 Å². The molecule has 0 radical (unpaired) electrons. The molecule has 286 valence electrons. The number of aromatic hydroxyl groups is 1. The van der Waals surface area contributed by atoms with Gasteiger partial charge in [-0.2, -0.15) is 0 Å². The van der Waals surface area contributed by atoms with E-state index in [1.54, 1.807) is 6.20 Å². The van der Waals surface area contributed by atoms with E-state index in [-0.39, 0.29) is 42.3 Å². The van der Waals surface area contributed by atoms with Crippen LogP contribution in [-0.4, -0.2) is 102 Å². The number of para-hydroxylation sites is 1. The van der Waals surface area contributed by atoms with Crippen molar-refractivity contribution in [3.05, 3.63) is 84.1 Å². The van der Waals surface area contributed by atoms with Crippen LogP contribution in [0.4, 0.5) is 9.59 Å². The van der Waals surface area contributed by atoms with E-state index in [0.717, 1.165) is 21.9 Å². The Kier molecular flexibility index (Phi) is 12.1. The molecule has 0 aliphatic carbocycles. The lowest BCUT2D eigenvalue weighted by atomic mass is 10.0. The predicted molar refractivity (Wildman–Crippen MR) is 194 cm³/mol. The number of aromatic nitrogens is 1. The van der Waals surface area contributed by atoms with Crippen molar-refractivity contribution in [2.24, 2.45) is 0 Å². The van der Waals surface area contributed by atoms with Crippen LogP contribution < -0.4 is 10.1 Å². The molecule has 0 bridgehead atoms. The summed E-state index contributed by atoms with van der Waals surface area (Å²) in [5, 5.41) is 12.9. The van der Waals surface area contributed by atoms with Crippen molar-refractivity contribution in [3.8, 4) is 17.2 Å². The van der Waals surface area contributed by atoms with Crippen LogP contribution in [0.3, 0.4) is 0 Å². The lowest BCUT2D eigenvalue weighted by molar-refractivity contribution is -0.162. The molecule has 2 unspecified atom stereocenters. The number of benzene rings is 3. The van der Waals surface area contributed by atoms with Gasteiger partial charge in [0.2, 0.25) is 6.29 Å². The average molecular weight is 764 g/mol. The highest BCUT2D eigenvalue weighted by Crippen LogP contribution is 2.34. The Bertz CT molecular complexity index is 2150. The van der Waals surface area contributed by atoms with E-state index in [1.165, 1.54) is 69.2 Å². The fourth-order valence-corrected chi connectivity index (χ4v) is 7.45. The number of aromatic amines is 1. The zero-order chi connectivity index (χ0) is 39.2. The van der Waals surface area contributed by atoms with Crippen LogP contribution in [0.5, 0.6) is 17.2 Å². The number of unbranched alkanes of at least 4 members (excludes halogenated alkanes) is 2. The minimum atomic E-state index is -4.74. The Balaban J connectivity index is 1.38. The van der Waals surface area contributed by atoms with Crippen molar-refractivity contribution in [3.63, 3.8) is 0 Å². The molecular formula is C37H41N5O11S. The number of H-pyrrole nitrogens is 1. The minimum absolute atomic E-state index is 0.00251. The average Bonchev–Trinajstić information content (AvgIpc) is 3.63. The third kappa shape index (κ3) is 8.91. The first-order valence-electron chi connectivity index (χ1n) is 17.1. The molecule has 0 spiro atoms. The van der Waals surface area contributed by atoms with Gasteiger partial charge in [0, 0.05) is 64.6 Å². The largest absolute Gasteiger partial charge is 0.508 e. The Hall–Kier alpha value is -6.10. The molecule has 1 fully saturated rings. The number of sulfonamides is 1. The molecule has 2 heterocycles. The Labute approximate surface area is 311 Å². The van der Waals surface area contributed by atoms with Crippen molar-refractivity contribution in [2.75, 3.05) is 27.2 Å². The predicted octanol–water partition coefficient (Wildman–Crippen LogP) is 4.74. The smallest absolute Gasteiger partial charge is 0.410 e. The number of phenols is 1. The van der Waals surface area contributed by atoms with Gasteiger partial charge in [0.25, 0.3) is 21.8 Å². The molecule has 1 aliphatic heterocycles. The summed E-state index contributed by atoms with van der Waals surface area (Å²) in [6, 6.07) is 14.2. The molecular weight excluding hydrogens is 722 g/mol. The maximum atomic E-state index is 14.4. The highest BCUT2D eigenvalue weighted by molar-refractivity contribution is 7.89. The van der Waals surface area contributed by atoms with Gasteiger partial charge in [-0.15, -0.1) is 0 Å². The van der Waals surface area contributed by atoms with Crippen molar-refractivity contribution >= 4 is 50.8 Å². The van der Waals surface area contributed by atoms with Gasteiger partial charge < -0.3 is 34.5 Å². The van der Waals surface area contributed by atoms with Crippen LogP contribution in [0.2, 0.25) is 0 Å². The van der Waals surface area contributed by atoms with E-state index in [1.807, 2.05) is 24.3 Å².